The molecule has 0 spiro atoms. The number of carbonyl (C=O) groups excluding carboxylic acids is 2. The number of nitrogens with one attached hydrogen (secondary N) is 1. The van der Waals surface area contributed by atoms with Crippen molar-refractivity contribution in [3.8, 4) is 0 Å². The molecule has 2 aromatic carbocycles. The summed E-state index contributed by atoms with van der Waals surface area (Å²) >= 11 is 12.1. The van der Waals surface area contributed by atoms with Crippen LogP contribution in [0.15, 0.2) is 36.4 Å². The van der Waals surface area contributed by atoms with Gasteiger partial charge in [-0.05, 0) is 55.7 Å². The number of carbonyl (C=O) groups is 2. The third-order valence-corrected chi connectivity index (χ3v) is 7.14. The van der Waals surface area contributed by atoms with Crippen molar-refractivity contribution in [3.05, 3.63) is 63.1 Å². The van der Waals surface area contributed by atoms with Crippen LogP contribution in [0.2, 0.25) is 10.0 Å². The molecule has 2 amide bonds. The van der Waals surface area contributed by atoms with Crippen LogP contribution in [0.5, 0.6) is 0 Å². The molecule has 0 bridgehead atoms. The van der Waals surface area contributed by atoms with E-state index in [9.17, 15) is 18.0 Å². The molecule has 32 heavy (non-hydrogen) atoms. The van der Waals surface area contributed by atoms with Crippen molar-refractivity contribution in [2.24, 2.45) is 0 Å². The molecule has 0 aromatic heterocycles. The summed E-state index contributed by atoms with van der Waals surface area (Å²) in [7, 11) is -2.30. The lowest BCUT2D eigenvalue weighted by Crippen LogP contribution is -2.50. The van der Waals surface area contributed by atoms with Crippen LogP contribution >= 0.6 is 23.2 Å². The number of rotatable bonds is 8. The first-order valence-electron chi connectivity index (χ1n) is 9.85. The van der Waals surface area contributed by atoms with Gasteiger partial charge in [0.25, 0.3) is 0 Å². The highest BCUT2D eigenvalue weighted by Gasteiger charge is 2.30. The molecule has 0 fully saturated rings. The van der Waals surface area contributed by atoms with Gasteiger partial charge < -0.3 is 10.2 Å². The summed E-state index contributed by atoms with van der Waals surface area (Å²) in [5, 5.41) is 3.21. The average Bonchev–Trinajstić information content (AvgIpc) is 2.73. The van der Waals surface area contributed by atoms with E-state index in [-0.39, 0.29) is 12.5 Å². The van der Waals surface area contributed by atoms with E-state index in [0.29, 0.717) is 21.3 Å². The zero-order valence-corrected chi connectivity index (χ0v) is 21.0. The number of hydrogen-bond acceptors (Lipinski definition) is 4. The number of amides is 2. The lowest BCUT2D eigenvalue weighted by atomic mass is 10.1. The van der Waals surface area contributed by atoms with Gasteiger partial charge in [-0.3, -0.25) is 13.9 Å². The summed E-state index contributed by atoms with van der Waals surface area (Å²) in [5.41, 5.74) is 2.72. The zero-order chi connectivity index (χ0) is 24.2. The Labute approximate surface area is 199 Å². The van der Waals surface area contributed by atoms with E-state index < -0.39 is 28.5 Å². The van der Waals surface area contributed by atoms with Crippen molar-refractivity contribution in [1.29, 1.82) is 0 Å². The second-order valence-electron chi connectivity index (χ2n) is 7.55. The molecule has 0 unspecified atom stereocenters. The highest BCUT2D eigenvalue weighted by molar-refractivity contribution is 7.92. The molecule has 2 rings (SSSR count). The fourth-order valence-corrected chi connectivity index (χ4v) is 4.45. The number of aryl methyl sites for hydroxylation is 1. The Hall–Kier alpha value is -2.29. The van der Waals surface area contributed by atoms with Gasteiger partial charge in [0.2, 0.25) is 21.8 Å². The first-order chi connectivity index (χ1) is 14.9. The first-order valence-corrected chi connectivity index (χ1v) is 12.5. The summed E-state index contributed by atoms with van der Waals surface area (Å²) < 4.78 is 26.3. The van der Waals surface area contributed by atoms with Crippen molar-refractivity contribution in [3.63, 3.8) is 0 Å². The van der Waals surface area contributed by atoms with Crippen molar-refractivity contribution in [1.82, 2.24) is 10.2 Å². The third-order valence-electron chi connectivity index (χ3n) is 5.27. The molecule has 1 atom stereocenters. The fourth-order valence-electron chi connectivity index (χ4n) is 3.23. The van der Waals surface area contributed by atoms with Crippen LogP contribution in [0, 0.1) is 13.8 Å². The van der Waals surface area contributed by atoms with Gasteiger partial charge >= 0.3 is 0 Å². The molecule has 7 nitrogen and oxygen atoms in total. The first kappa shape index (κ1) is 26.0. The van der Waals surface area contributed by atoms with Gasteiger partial charge in [0.1, 0.15) is 12.6 Å². The molecule has 2 aromatic rings. The highest BCUT2D eigenvalue weighted by atomic mass is 35.5. The van der Waals surface area contributed by atoms with E-state index in [1.165, 1.54) is 11.9 Å². The molecule has 0 radical (unpaired) electrons. The SMILES string of the molecule is CNC(=O)[C@H](C)N(Cc1ccc(Cl)c(Cl)c1)C(=O)CN(c1cccc(C)c1C)S(C)(=O)=O. The standard InChI is InChI=1S/C22H27Cl2N3O4S/c1-14-7-6-8-20(15(14)2)27(32(5,30)31)13-21(28)26(16(3)22(29)25-4)12-17-9-10-18(23)19(24)11-17/h6-11,16H,12-13H2,1-5H3,(H,25,29)/t16-/m0/s1. The summed E-state index contributed by atoms with van der Waals surface area (Å²) in [6, 6.07) is 9.32. The predicted molar refractivity (Wildman–Crippen MR) is 129 cm³/mol. The summed E-state index contributed by atoms with van der Waals surface area (Å²) in [6.45, 7) is 4.84. The second-order valence-corrected chi connectivity index (χ2v) is 10.3. The molecule has 0 saturated carbocycles. The molecular weight excluding hydrogens is 473 g/mol. The quantitative estimate of drug-likeness (QED) is 0.601. The Kier molecular flexibility index (Phi) is 8.56. The second kappa shape index (κ2) is 10.6. The van der Waals surface area contributed by atoms with E-state index in [1.807, 2.05) is 13.0 Å². The van der Waals surface area contributed by atoms with Crippen LogP contribution in [-0.4, -0.2) is 51.0 Å². The van der Waals surface area contributed by atoms with Gasteiger partial charge in [0.05, 0.1) is 22.0 Å². The van der Waals surface area contributed by atoms with Gasteiger partial charge in [-0.25, -0.2) is 8.42 Å². The predicted octanol–water partition coefficient (Wildman–Crippen LogP) is 3.54. The van der Waals surface area contributed by atoms with Gasteiger partial charge in [-0.15, -0.1) is 0 Å². The van der Waals surface area contributed by atoms with Crippen LogP contribution < -0.4 is 9.62 Å². The van der Waals surface area contributed by atoms with E-state index in [2.05, 4.69) is 5.32 Å². The molecule has 0 aliphatic heterocycles. The summed E-state index contributed by atoms with van der Waals surface area (Å²) in [4.78, 5) is 27.0. The van der Waals surface area contributed by atoms with E-state index in [0.717, 1.165) is 21.7 Å². The molecule has 1 N–H and O–H groups in total. The molecule has 174 valence electrons. The molecule has 10 heteroatoms. The van der Waals surface area contributed by atoms with Crippen molar-refractivity contribution >= 4 is 50.7 Å². The Balaban J connectivity index is 2.45. The Bertz CT molecular complexity index is 1120. The maximum Gasteiger partial charge on any atom is 0.244 e. The molecule has 0 saturated heterocycles. The zero-order valence-electron chi connectivity index (χ0n) is 18.6. The van der Waals surface area contributed by atoms with Gasteiger partial charge in [0, 0.05) is 13.6 Å². The normalized spacial score (nSPS) is 12.2. The third kappa shape index (κ3) is 6.15. The van der Waals surface area contributed by atoms with Gasteiger partial charge in [-0.1, -0.05) is 41.4 Å². The van der Waals surface area contributed by atoms with Crippen LogP contribution in [-0.2, 0) is 26.2 Å². The van der Waals surface area contributed by atoms with Crippen molar-refractivity contribution in [2.45, 2.75) is 33.4 Å². The lowest BCUT2D eigenvalue weighted by molar-refractivity contribution is -0.139. The van der Waals surface area contributed by atoms with Crippen LogP contribution in [0.25, 0.3) is 0 Å². The number of benzene rings is 2. The van der Waals surface area contributed by atoms with E-state index >= 15 is 0 Å². The number of hydrogen-bond donors (Lipinski definition) is 1. The molecule has 0 aliphatic rings. The van der Waals surface area contributed by atoms with Crippen molar-refractivity contribution < 1.29 is 18.0 Å². The smallest absolute Gasteiger partial charge is 0.244 e. The monoisotopic (exact) mass is 499 g/mol. The average molecular weight is 500 g/mol. The molecule has 0 aliphatic carbocycles. The molecule has 0 heterocycles. The summed E-state index contributed by atoms with van der Waals surface area (Å²) in [5.74, 6) is -0.908. The number of likely N-dealkylation sites (N-methyl/N-ethyl adjacent to an activating group) is 1. The fraction of sp³-hybridized carbons (Fsp3) is 0.364. The minimum atomic E-state index is -3.78. The maximum absolute atomic E-state index is 13.4. The minimum Gasteiger partial charge on any atom is -0.357 e. The number of anilines is 1. The number of nitrogens with zero attached hydrogens (tertiary/aromatic N) is 2. The maximum atomic E-state index is 13.4. The minimum absolute atomic E-state index is 0.0503. The van der Waals surface area contributed by atoms with Crippen molar-refractivity contribution in [2.75, 3.05) is 24.2 Å². The summed E-state index contributed by atoms with van der Waals surface area (Å²) in [6.07, 6.45) is 1.05. The topological polar surface area (TPSA) is 86.8 Å². The van der Waals surface area contributed by atoms with Crippen LogP contribution in [0.4, 0.5) is 5.69 Å². The highest BCUT2D eigenvalue weighted by Crippen LogP contribution is 2.26. The Morgan fingerprint density at radius 2 is 1.75 bits per heavy atom. The number of sulfonamides is 1. The van der Waals surface area contributed by atoms with Gasteiger partial charge in [-0.2, -0.15) is 0 Å². The lowest BCUT2D eigenvalue weighted by Gasteiger charge is -2.32. The van der Waals surface area contributed by atoms with Crippen LogP contribution in [0.3, 0.4) is 0 Å². The Morgan fingerprint density at radius 3 is 2.31 bits per heavy atom. The Morgan fingerprint density at radius 1 is 1.09 bits per heavy atom. The largest absolute Gasteiger partial charge is 0.357 e. The number of halogens is 2. The van der Waals surface area contributed by atoms with E-state index in [4.69, 9.17) is 23.2 Å². The van der Waals surface area contributed by atoms with Crippen LogP contribution in [0.1, 0.15) is 23.6 Å². The van der Waals surface area contributed by atoms with E-state index in [1.54, 1.807) is 44.2 Å². The van der Waals surface area contributed by atoms with Gasteiger partial charge in [0.15, 0.2) is 0 Å². The molecular formula is C22H27Cl2N3O4S.